The van der Waals surface area contributed by atoms with Crippen LogP contribution in [-0.4, -0.2) is 96.7 Å². The van der Waals surface area contributed by atoms with E-state index >= 15 is 0 Å². The van der Waals surface area contributed by atoms with Crippen molar-refractivity contribution in [2.45, 2.75) is 477 Å². The zero-order valence-electron chi connectivity index (χ0n) is 69.0. The van der Waals surface area contributed by atoms with Crippen molar-refractivity contribution in [2.75, 3.05) is 39.6 Å². The smallest absolute Gasteiger partial charge is 0.462 e. The minimum Gasteiger partial charge on any atom is -0.462 e. The Labute approximate surface area is 645 Å². The highest BCUT2D eigenvalue weighted by molar-refractivity contribution is 7.47. The van der Waals surface area contributed by atoms with E-state index < -0.39 is 97.5 Å². The number of aliphatic hydroxyl groups excluding tert-OH is 1. The van der Waals surface area contributed by atoms with Crippen molar-refractivity contribution >= 4 is 39.5 Å². The minimum absolute atomic E-state index is 0.108. The predicted molar refractivity (Wildman–Crippen MR) is 432 cm³/mol. The predicted octanol–water partition coefficient (Wildman–Crippen LogP) is 26.2. The number of carbonyl (C=O) groups excluding carboxylic acids is 4. The van der Waals surface area contributed by atoms with E-state index in [-0.39, 0.29) is 25.7 Å². The van der Waals surface area contributed by atoms with Crippen molar-refractivity contribution in [3.8, 4) is 0 Å². The Morgan fingerprint density at radius 3 is 0.648 bits per heavy atom. The van der Waals surface area contributed by atoms with Gasteiger partial charge in [-0.05, 0) is 37.5 Å². The number of hydrogen-bond acceptors (Lipinski definition) is 15. The minimum atomic E-state index is -4.97. The number of hydrogen-bond donors (Lipinski definition) is 3. The molecular weight excluding hydrogens is 1370 g/mol. The molecule has 2 unspecified atom stereocenters. The topological polar surface area (TPSA) is 237 Å². The average molecular weight is 1540 g/mol. The third-order valence-corrected chi connectivity index (χ3v) is 22.1. The summed E-state index contributed by atoms with van der Waals surface area (Å²) in [5, 5.41) is 10.7. The lowest BCUT2D eigenvalue weighted by molar-refractivity contribution is -0.161. The number of aliphatic hydroxyl groups is 1. The van der Waals surface area contributed by atoms with E-state index in [9.17, 15) is 43.2 Å². The highest BCUT2D eigenvalue weighted by Gasteiger charge is 2.30. The number of esters is 4. The molecule has 624 valence electrons. The molecule has 17 nitrogen and oxygen atoms in total. The molecule has 0 saturated carbocycles. The van der Waals surface area contributed by atoms with Crippen LogP contribution in [0.3, 0.4) is 0 Å². The van der Waals surface area contributed by atoms with Crippen molar-refractivity contribution in [1.29, 1.82) is 0 Å². The molecule has 0 radical (unpaired) electrons. The molecule has 0 aromatic carbocycles. The van der Waals surface area contributed by atoms with Crippen molar-refractivity contribution in [3.63, 3.8) is 0 Å². The van der Waals surface area contributed by atoms with Gasteiger partial charge in [0, 0.05) is 25.7 Å². The van der Waals surface area contributed by atoms with Crippen LogP contribution in [0.5, 0.6) is 0 Å². The Hall–Kier alpha value is -1.94. The third-order valence-electron chi connectivity index (χ3n) is 20.2. The summed E-state index contributed by atoms with van der Waals surface area (Å²) in [5.74, 6) is -0.559. The van der Waals surface area contributed by atoms with Gasteiger partial charge in [0.1, 0.15) is 19.3 Å². The van der Waals surface area contributed by atoms with Crippen molar-refractivity contribution in [2.24, 2.45) is 11.8 Å². The fraction of sp³-hybridized carbons (Fsp3) is 0.953. The molecule has 0 heterocycles. The van der Waals surface area contributed by atoms with Gasteiger partial charge in [-0.25, -0.2) is 9.13 Å². The van der Waals surface area contributed by atoms with Gasteiger partial charge in [0.25, 0.3) is 0 Å². The first-order chi connectivity index (χ1) is 50.9. The van der Waals surface area contributed by atoms with E-state index in [2.05, 4.69) is 41.5 Å². The maximum atomic E-state index is 13.1. The Kier molecular flexibility index (Phi) is 76.0. The summed E-state index contributed by atoms with van der Waals surface area (Å²) in [5.41, 5.74) is 0. The maximum absolute atomic E-state index is 13.1. The normalized spacial score (nSPS) is 13.8. The molecule has 0 aliphatic rings. The van der Waals surface area contributed by atoms with Gasteiger partial charge < -0.3 is 33.8 Å². The maximum Gasteiger partial charge on any atom is 0.472 e. The van der Waals surface area contributed by atoms with Gasteiger partial charge in [-0.3, -0.25) is 37.3 Å². The second-order valence-corrected chi connectivity index (χ2v) is 34.8. The molecule has 0 fully saturated rings. The van der Waals surface area contributed by atoms with Crippen LogP contribution in [0.4, 0.5) is 0 Å². The number of phosphoric acid groups is 2. The highest BCUT2D eigenvalue weighted by atomic mass is 31.2. The molecule has 0 aromatic rings. The van der Waals surface area contributed by atoms with E-state index in [0.717, 1.165) is 102 Å². The Bertz CT molecular complexity index is 2010. The van der Waals surface area contributed by atoms with Crippen molar-refractivity contribution in [1.82, 2.24) is 0 Å². The van der Waals surface area contributed by atoms with Gasteiger partial charge in [-0.2, -0.15) is 0 Å². The summed E-state index contributed by atoms with van der Waals surface area (Å²) < 4.78 is 68.9. The summed E-state index contributed by atoms with van der Waals surface area (Å²) in [7, 11) is -9.93. The van der Waals surface area contributed by atoms with Crippen LogP contribution >= 0.6 is 15.6 Å². The van der Waals surface area contributed by atoms with E-state index in [1.165, 1.54) is 276 Å². The molecule has 0 amide bonds. The Morgan fingerprint density at radius 1 is 0.257 bits per heavy atom. The van der Waals surface area contributed by atoms with E-state index in [4.69, 9.17) is 37.0 Å². The first-order valence-electron chi connectivity index (χ1n) is 44.5. The van der Waals surface area contributed by atoms with Crippen molar-refractivity contribution in [3.05, 3.63) is 0 Å². The number of ether oxygens (including phenoxy) is 4. The van der Waals surface area contributed by atoms with E-state index in [1.807, 2.05) is 0 Å². The number of rotatable bonds is 85. The zero-order valence-corrected chi connectivity index (χ0v) is 70.8. The summed E-state index contributed by atoms with van der Waals surface area (Å²) in [6.45, 7) is 9.67. The third kappa shape index (κ3) is 79.9. The van der Waals surface area contributed by atoms with Crippen molar-refractivity contribution < 1.29 is 80.2 Å². The lowest BCUT2D eigenvalue weighted by Crippen LogP contribution is -2.30. The first-order valence-corrected chi connectivity index (χ1v) is 47.5. The number of phosphoric ester groups is 2. The second kappa shape index (κ2) is 77.4. The average Bonchev–Trinajstić information content (AvgIpc) is 0.909. The Balaban J connectivity index is 5.23. The molecule has 0 saturated heterocycles. The molecule has 3 N–H and O–H groups in total. The molecular formula is C86H168O17P2. The molecule has 19 heteroatoms. The second-order valence-electron chi connectivity index (χ2n) is 31.9. The summed E-state index contributed by atoms with van der Waals surface area (Å²) in [6.07, 6.45) is 69.5. The van der Waals surface area contributed by atoms with Crippen LogP contribution in [0.15, 0.2) is 0 Å². The van der Waals surface area contributed by atoms with Gasteiger partial charge in [0.05, 0.1) is 26.4 Å². The summed E-state index contributed by atoms with van der Waals surface area (Å²) >= 11 is 0. The van der Waals surface area contributed by atoms with Crippen LogP contribution in [0.2, 0.25) is 0 Å². The standard InChI is InChI=1S/C86H168O17P2/c1-7-9-11-13-15-17-19-21-23-24-25-26-27-28-29-30-36-40-46-53-59-65-71-86(91)102-81(74-96-83(88)68-62-56-50-44-38-35-32-31-33-37-42-48-54-60-66-78(3)4)76-100-104(92,93)98-72-80(87)73-99-105(94,95)101-77-82(75-97-84(89)69-63-57-51-47-41-43-49-55-61-67-79(5)6)103-85(90)70-64-58-52-45-39-34-22-20-18-16-14-12-10-8-2/h78-82,87H,7-77H2,1-6H3,(H,92,93)(H,94,95)/t80-,81-,82-/m1/s1. The lowest BCUT2D eigenvalue weighted by atomic mass is 10.0. The molecule has 0 spiro atoms. The number of carbonyl (C=O) groups is 4. The van der Waals surface area contributed by atoms with Gasteiger partial charge in [0.15, 0.2) is 12.2 Å². The number of unbranched alkanes of at least 4 members (excludes halogenated alkanes) is 55. The van der Waals surface area contributed by atoms with Crippen LogP contribution in [-0.2, 0) is 65.4 Å². The van der Waals surface area contributed by atoms with Crippen LogP contribution in [0.25, 0.3) is 0 Å². The molecule has 105 heavy (non-hydrogen) atoms. The van der Waals surface area contributed by atoms with E-state index in [0.29, 0.717) is 25.7 Å². The quantitative estimate of drug-likeness (QED) is 0.0222. The molecule has 0 aromatic heterocycles. The van der Waals surface area contributed by atoms with E-state index in [1.54, 1.807) is 0 Å². The van der Waals surface area contributed by atoms with Gasteiger partial charge in [-0.1, -0.05) is 408 Å². The Morgan fingerprint density at radius 2 is 0.438 bits per heavy atom. The van der Waals surface area contributed by atoms with Gasteiger partial charge in [-0.15, -0.1) is 0 Å². The van der Waals surface area contributed by atoms with Crippen LogP contribution in [0.1, 0.15) is 459 Å². The molecule has 0 aliphatic heterocycles. The summed E-state index contributed by atoms with van der Waals surface area (Å²) in [4.78, 5) is 73.2. The van der Waals surface area contributed by atoms with Crippen LogP contribution < -0.4 is 0 Å². The highest BCUT2D eigenvalue weighted by Crippen LogP contribution is 2.45. The fourth-order valence-electron chi connectivity index (χ4n) is 13.4. The fourth-order valence-corrected chi connectivity index (χ4v) is 15.0. The lowest BCUT2D eigenvalue weighted by Gasteiger charge is -2.21. The summed E-state index contributed by atoms with van der Waals surface area (Å²) in [6, 6.07) is 0. The van der Waals surface area contributed by atoms with Crippen LogP contribution in [0, 0.1) is 11.8 Å². The molecule has 5 atom stereocenters. The zero-order chi connectivity index (χ0) is 77.1. The molecule has 0 aliphatic carbocycles. The molecule has 0 bridgehead atoms. The molecule has 0 rings (SSSR count). The monoisotopic (exact) mass is 1540 g/mol. The SMILES string of the molecule is CCCCCCCCCCCCCCCCCCCCCCCCC(=O)O[C@H](COC(=O)CCCCCCCCCCCCCCCCC(C)C)COP(=O)(O)OC[C@@H](O)COP(=O)(O)OC[C@@H](COC(=O)CCCCCCCCCCCC(C)C)OC(=O)CCCCCCCCCCCCCCCC. The van der Waals surface area contributed by atoms with Gasteiger partial charge in [0.2, 0.25) is 0 Å². The first kappa shape index (κ1) is 103. The largest absolute Gasteiger partial charge is 0.472 e. The van der Waals surface area contributed by atoms with Gasteiger partial charge >= 0.3 is 39.5 Å².